The summed E-state index contributed by atoms with van der Waals surface area (Å²) in [5.41, 5.74) is 4.77. The largest absolute Gasteiger partial charge is 0.354 e. The summed E-state index contributed by atoms with van der Waals surface area (Å²) in [6, 6.07) is 12.5. The predicted molar refractivity (Wildman–Crippen MR) is 111 cm³/mol. The van der Waals surface area contributed by atoms with E-state index in [0.717, 1.165) is 33.9 Å². The molecule has 0 saturated heterocycles. The van der Waals surface area contributed by atoms with Crippen molar-refractivity contribution in [1.29, 1.82) is 0 Å². The zero-order valence-corrected chi connectivity index (χ0v) is 17.2. The Labute approximate surface area is 167 Å². The molecule has 0 N–H and O–H groups in total. The molecule has 3 aromatic heterocycles. The van der Waals surface area contributed by atoms with Gasteiger partial charge in [0.2, 0.25) is 0 Å². The molecule has 27 heavy (non-hydrogen) atoms. The number of hydrogen-bond acceptors (Lipinski definition) is 5. The van der Waals surface area contributed by atoms with Gasteiger partial charge in [-0.1, -0.05) is 36.0 Å². The predicted octanol–water partition coefficient (Wildman–Crippen LogP) is 4.47. The average Bonchev–Trinajstić information content (AvgIpc) is 3.37. The van der Waals surface area contributed by atoms with Gasteiger partial charge < -0.3 is 9.13 Å². The lowest BCUT2D eigenvalue weighted by Gasteiger charge is -2.04. The molecule has 0 spiro atoms. The first-order chi connectivity index (χ1) is 13.1. The molecular formula is C20H21N5S2. The summed E-state index contributed by atoms with van der Waals surface area (Å²) >= 11 is 3.37. The number of nitrogens with zero attached hydrogens (tertiary/aromatic N) is 5. The molecule has 1 aromatic carbocycles. The molecule has 138 valence electrons. The summed E-state index contributed by atoms with van der Waals surface area (Å²) < 4.78 is 4.19. The van der Waals surface area contributed by atoms with Crippen molar-refractivity contribution < 1.29 is 0 Å². The van der Waals surface area contributed by atoms with Gasteiger partial charge in [-0.2, -0.15) is 0 Å². The van der Waals surface area contributed by atoms with Crippen LogP contribution in [-0.4, -0.2) is 24.3 Å². The smallest absolute Gasteiger partial charge is 0.191 e. The van der Waals surface area contributed by atoms with E-state index in [2.05, 4.69) is 81.3 Å². The van der Waals surface area contributed by atoms with Gasteiger partial charge >= 0.3 is 0 Å². The molecule has 0 fully saturated rings. The highest BCUT2D eigenvalue weighted by atomic mass is 32.2. The van der Waals surface area contributed by atoms with Gasteiger partial charge in [-0.05, 0) is 24.6 Å². The Kier molecular flexibility index (Phi) is 5.13. The fourth-order valence-corrected chi connectivity index (χ4v) is 4.75. The van der Waals surface area contributed by atoms with Crippen molar-refractivity contribution in [3.63, 3.8) is 0 Å². The van der Waals surface area contributed by atoms with Crippen LogP contribution in [0.25, 0.3) is 10.6 Å². The molecule has 5 nitrogen and oxygen atoms in total. The molecule has 0 amide bonds. The molecule has 0 bridgehead atoms. The molecule has 4 rings (SSSR count). The number of aryl methyl sites for hydroxylation is 2. The van der Waals surface area contributed by atoms with Crippen molar-refractivity contribution in [2.45, 2.75) is 24.3 Å². The standard InChI is InChI=1S/C20H21N5S2/c1-14-7-4-5-9-17(14)19-21-15(12-26-19)13-27-20-23-22-18(25(20)3)11-16-8-6-10-24(16)2/h4-10,12H,11,13H2,1-3H3. The van der Waals surface area contributed by atoms with Gasteiger partial charge in [0.1, 0.15) is 10.8 Å². The van der Waals surface area contributed by atoms with Crippen LogP contribution < -0.4 is 0 Å². The van der Waals surface area contributed by atoms with Crippen molar-refractivity contribution in [2.24, 2.45) is 14.1 Å². The summed E-state index contributed by atoms with van der Waals surface area (Å²) in [6.45, 7) is 2.12. The van der Waals surface area contributed by atoms with E-state index in [4.69, 9.17) is 4.98 Å². The van der Waals surface area contributed by atoms with Gasteiger partial charge in [0.25, 0.3) is 0 Å². The number of thioether (sulfide) groups is 1. The molecule has 0 aliphatic heterocycles. The van der Waals surface area contributed by atoms with Gasteiger partial charge in [0, 0.05) is 49.1 Å². The van der Waals surface area contributed by atoms with Crippen LogP contribution in [0.5, 0.6) is 0 Å². The topological polar surface area (TPSA) is 48.5 Å². The summed E-state index contributed by atoms with van der Waals surface area (Å²) in [6.07, 6.45) is 2.83. The fraction of sp³-hybridized carbons (Fsp3) is 0.250. The summed E-state index contributed by atoms with van der Waals surface area (Å²) in [5, 5.41) is 12.9. The van der Waals surface area contributed by atoms with Crippen LogP contribution in [0.4, 0.5) is 0 Å². The molecule has 0 radical (unpaired) electrons. The average molecular weight is 396 g/mol. The number of benzene rings is 1. The zero-order chi connectivity index (χ0) is 18.8. The zero-order valence-electron chi connectivity index (χ0n) is 15.6. The Hall–Kier alpha value is -2.38. The molecular weight excluding hydrogens is 374 g/mol. The Balaban J connectivity index is 1.44. The third kappa shape index (κ3) is 3.84. The van der Waals surface area contributed by atoms with E-state index >= 15 is 0 Å². The van der Waals surface area contributed by atoms with Gasteiger partial charge in [-0.25, -0.2) is 4.98 Å². The van der Waals surface area contributed by atoms with E-state index in [-0.39, 0.29) is 0 Å². The minimum Gasteiger partial charge on any atom is -0.354 e. The Morgan fingerprint density at radius 2 is 1.93 bits per heavy atom. The molecule has 7 heteroatoms. The number of hydrogen-bond donors (Lipinski definition) is 0. The normalized spacial score (nSPS) is 11.2. The van der Waals surface area contributed by atoms with Crippen molar-refractivity contribution in [1.82, 2.24) is 24.3 Å². The van der Waals surface area contributed by atoms with Crippen molar-refractivity contribution in [2.75, 3.05) is 0 Å². The second kappa shape index (κ2) is 7.70. The van der Waals surface area contributed by atoms with E-state index in [1.165, 1.54) is 16.8 Å². The van der Waals surface area contributed by atoms with Gasteiger partial charge in [-0.3, -0.25) is 0 Å². The van der Waals surface area contributed by atoms with Crippen LogP contribution in [0.3, 0.4) is 0 Å². The van der Waals surface area contributed by atoms with E-state index in [9.17, 15) is 0 Å². The van der Waals surface area contributed by atoms with E-state index in [1.54, 1.807) is 23.1 Å². The second-order valence-electron chi connectivity index (χ2n) is 6.49. The lowest BCUT2D eigenvalue weighted by Crippen LogP contribution is -2.03. The first-order valence-corrected chi connectivity index (χ1v) is 10.6. The first kappa shape index (κ1) is 18.0. The number of aromatic nitrogens is 5. The molecule has 0 unspecified atom stereocenters. The number of thiazole rings is 1. The molecule has 0 aliphatic carbocycles. The highest BCUT2D eigenvalue weighted by molar-refractivity contribution is 7.98. The first-order valence-electron chi connectivity index (χ1n) is 8.73. The summed E-state index contributed by atoms with van der Waals surface area (Å²) in [7, 11) is 4.08. The third-order valence-electron chi connectivity index (χ3n) is 4.59. The minimum absolute atomic E-state index is 0.779. The maximum absolute atomic E-state index is 4.80. The quantitative estimate of drug-likeness (QED) is 0.452. The lowest BCUT2D eigenvalue weighted by atomic mass is 10.1. The Bertz CT molecular complexity index is 1060. The van der Waals surface area contributed by atoms with E-state index < -0.39 is 0 Å². The van der Waals surface area contributed by atoms with Crippen LogP contribution in [0, 0.1) is 6.92 Å². The van der Waals surface area contributed by atoms with E-state index in [0.29, 0.717) is 0 Å². The van der Waals surface area contributed by atoms with Crippen molar-refractivity contribution >= 4 is 23.1 Å². The van der Waals surface area contributed by atoms with Gasteiger partial charge in [0.05, 0.1) is 5.69 Å². The van der Waals surface area contributed by atoms with E-state index in [1.807, 2.05) is 7.05 Å². The number of rotatable bonds is 6. The highest BCUT2D eigenvalue weighted by Gasteiger charge is 2.13. The monoisotopic (exact) mass is 395 g/mol. The maximum atomic E-state index is 4.80. The molecule has 0 aliphatic rings. The van der Waals surface area contributed by atoms with Crippen LogP contribution in [0.1, 0.15) is 22.8 Å². The second-order valence-corrected chi connectivity index (χ2v) is 8.29. The maximum Gasteiger partial charge on any atom is 0.191 e. The Morgan fingerprint density at radius 1 is 1.07 bits per heavy atom. The van der Waals surface area contributed by atoms with Gasteiger partial charge in [-0.15, -0.1) is 21.5 Å². The van der Waals surface area contributed by atoms with Crippen LogP contribution in [0.15, 0.2) is 53.1 Å². The summed E-state index contributed by atoms with van der Waals surface area (Å²) in [4.78, 5) is 4.80. The van der Waals surface area contributed by atoms with Crippen molar-refractivity contribution in [3.8, 4) is 10.6 Å². The SMILES string of the molecule is Cc1ccccc1-c1nc(CSc2nnc(Cc3cccn3C)n2C)cs1. The van der Waals surface area contributed by atoms with Crippen molar-refractivity contribution in [3.05, 3.63) is 70.8 Å². The molecule has 0 saturated carbocycles. The van der Waals surface area contributed by atoms with Crippen LogP contribution in [0.2, 0.25) is 0 Å². The summed E-state index contributed by atoms with van der Waals surface area (Å²) in [5.74, 6) is 1.76. The highest BCUT2D eigenvalue weighted by Crippen LogP contribution is 2.29. The fourth-order valence-electron chi connectivity index (χ4n) is 2.92. The van der Waals surface area contributed by atoms with Gasteiger partial charge in [0.15, 0.2) is 5.16 Å². The molecule has 4 aromatic rings. The molecule has 0 atom stereocenters. The van der Waals surface area contributed by atoms with Crippen LogP contribution in [-0.2, 0) is 26.3 Å². The molecule has 3 heterocycles. The third-order valence-corrected chi connectivity index (χ3v) is 6.57. The van der Waals surface area contributed by atoms with Crippen LogP contribution >= 0.6 is 23.1 Å². The minimum atomic E-state index is 0.779. The Morgan fingerprint density at radius 3 is 2.70 bits per heavy atom. The lowest BCUT2D eigenvalue weighted by molar-refractivity contribution is 0.731.